The van der Waals surface area contributed by atoms with Gasteiger partial charge in [0.1, 0.15) is 5.82 Å². The van der Waals surface area contributed by atoms with Crippen molar-refractivity contribution in [3.05, 3.63) is 11.6 Å². The van der Waals surface area contributed by atoms with Crippen molar-refractivity contribution >= 4 is 5.97 Å². The van der Waals surface area contributed by atoms with E-state index in [1.165, 1.54) is 25.7 Å². The summed E-state index contributed by atoms with van der Waals surface area (Å²) in [6, 6.07) is 0. The molecule has 3 rings (SSSR count). The second-order valence-corrected chi connectivity index (χ2v) is 5.83. The Bertz CT molecular complexity index is 483. The number of hydrogen-bond acceptors (Lipinski definition) is 4. The van der Waals surface area contributed by atoms with Crippen LogP contribution in [0.3, 0.4) is 0 Å². The molecule has 0 N–H and O–H groups in total. The SMILES string of the molecule is CCOC(=O)c1nc(CC2CC3CCC2C3)n(C)n1. The second kappa shape index (κ2) is 4.94. The fourth-order valence-electron chi connectivity index (χ4n) is 3.74. The first-order valence-corrected chi connectivity index (χ1v) is 7.24. The van der Waals surface area contributed by atoms with Crippen LogP contribution in [0.15, 0.2) is 0 Å². The van der Waals surface area contributed by atoms with Gasteiger partial charge in [0, 0.05) is 13.5 Å². The average molecular weight is 263 g/mol. The number of rotatable bonds is 4. The second-order valence-electron chi connectivity index (χ2n) is 5.83. The molecule has 0 spiro atoms. The van der Waals surface area contributed by atoms with Crippen molar-refractivity contribution in [3.8, 4) is 0 Å². The largest absolute Gasteiger partial charge is 0.460 e. The minimum Gasteiger partial charge on any atom is -0.460 e. The fourth-order valence-corrected chi connectivity index (χ4v) is 3.74. The van der Waals surface area contributed by atoms with E-state index in [9.17, 15) is 4.79 Å². The molecule has 2 aliphatic carbocycles. The van der Waals surface area contributed by atoms with Crippen LogP contribution >= 0.6 is 0 Å². The highest BCUT2D eigenvalue weighted by Crippen LogP contribution is 2.49. The van der Waals surface area contributed by atoms with Crippen molar-refractivity contribution in [1.82, 2.24) is 14.8 Å². The lowest BCUT2D eigenvalue weighted by Gasteiger charge is -2.20. The summed E-state index contributed by atoms with van der Waals surface area (Å²) in [6.45, 7) is 2.15. The van der Waals surface area contributed by atoms with Crippen LogP contribution in [-0.4, -0.2) is 27.3 Å². The molecule has 0 aromatic carbocycles. The number of aromatic nitrogens is 3. The summed E-state index contributed by atoms with van der Waals surface area (Å²) in [5.41, 5.74) is 0. The minimum absolute atomic E-state index is 0.197. The lowest BCUT2D eigenvalue weighted by molar-refractivity contribution is 0.0511. The number of nitrogens with zero attached hydrogens (tertiary/aromatic N) is 3. The molecule has 104 valence electrons. The summed E-state index contributed by atoms with van der Waals surface area (Å²) in [5.74, 6) is 3.23. The summed E-state index contributed by atoms with van der Waals surface area (Å²) in [6.07, 6.45) is 6.45. The lowest BCUT2D eigenvalue weighted by Crippen LogP contribution is -2.15. The maximum atomic E-state index is 11.6. The van der Waals surface area contributed by atoms with E-state index in [4.69, 9.17) is 4.74 Å². The van der Waals surface area contributed by atoms with Crippen LogP contribution in [0.25, 0.3) is 0 Å². The van der Waals surface area contributed by atoms with Gasteiger partial charge in [0.05, 0.1) is 6.61 Å². The maximum absolute atomic E-state index is 11.6. The zero-order valence-corrected chi connectivity index (χ0v) is 11.6. The molecule has 3 unspecified atom stereocenters. The first-order chi connectivity index (χ1) is 9.17. The number of fused-ring (bicyclic) bond motifs is 2. The third kappa shape index (κ3) is 2.38. The Kier molecular flexibility index (Phi) is 3.29. The molecule has 3 atom stereocenters. The van der Waals surface area contributed by atoms with E-state index in [0.717, 1.165) is 30.0 Å². The molecule has 0 aliphatic heterocycles. The molecule has 2 bridgehead atoms. The predicted molar refractivity (Wildman–Crippen MR) is 69.6 cm³/mol. The van der Waals surface area contributed by atoms with Crippen LogP contribution in [0.5, 0.6) is 0 Å². The van der Waals surface area contributed by atoms with Gasteiger partial charge in [-0.3, -0.25) is 4.68 Å². The summed E-state index contributed by atoms with van der Waals surface area (Å²) in [4.78, 5) is 16.0. The quantitative estimate of drug-likeness (QED) is 0.779. The molecule has 1 aromatic heterocycles. The highest BCUT2D eigenvalue weighted by Gasteiger charge is 2.39. The van der Waals surface area contributed by atoms with Gasteiger partial charge in [0.15, 0.2) is 0 Å². The maximum Gasteiger partial charge on any atom is 0.378 e. The number of carbonyl (C=O) groups excluding carboxylic acids is 1. The third-order valence-corrected chi connectivity index (χ3v) is 4.64. The predicted octanol–water partition coefficient (Wildman–Crippen LogP) is 1.97. The van der Waals surface area contributed by atoms with Gasteiger partial charge in [-0.05, 0) is 43.9 Å². The Morgan fingerprint density at radius 1 is 1.42 bits per heavy atom. The molecule has 2 saturated carbocycles. The van der Waals surface area contributed by atoms with E-state index in [1.807, 2.05) is 7.05 Å². The van der Waals surface area contributed by atoms with Gasteiger partial charge in [-0.25, -0.2) is 9.78 Å². The molecule has 0 amide bonds. The summed E-state index contributed by atoms with van der Waals surface area (Å²) in [5, 5.41) is 4.16. The van der Waals surface area contributed by atoms with Crippen molar-refractivity contribution in [3.63, 3.8) is 0 Å². The number of hydrogen-bond donors (Lipinski definition) is 0. The summed E-state index contributed by atoms with van der Waals surface area (Å²) < 4.78 is 6.67. The number of aryl methyl sites for hydroxylation is 1. The van der Waals surface area contributed by atoms with Gasteiger partial charge in [-0.2, -0.15) is 0 Å². The van der Waals surface area contributed by atoms with Gasteiger partial charge in [-0.15, -0.1) is 5.10 Å². The fraction of sp³-hybridized carbons (Fsp3) is 0.786. The first-order valence-electron chi connectivity index (χ1n) is 7.24. The Labute approximate surface area is 113 Å². The van der Waals surface area contributed by atoms with Crippen LogP contribution in [0.2, 0.25) is 0 Å². The Balaban J connectivity index is 1.69. The van der Waals surface area contributed by atoms with Crippen molar-refractivity contribution in [2.24, 2.45) is 24.8 Å². The van der Waals surface area contributed by atoms with Crippen molar-refractivity contribution in [2.45, 2.75) is 39.0 Å². The third-order valence-electron chi connectivity index (χ3n) is 4.64. The van der Waals surface area contributed by atoms with Gasteiger partial charge in [-0.1, -0.05) is 6.42 Å². The van der Waals surface area contributed by atoms with Crippen molar-refractivity contribution in [1.29, 1.82) is 0 Å². The topological polar surface area (TPSA) is 57.0 Å². The molecular weight excluding hydrogens is 242 g/mol. The summed E-state index contributed by atoms with van der Waals surface area (Å²) >= 11 is 0. The summed E-state index contributed by atoms with van der Waals surface area (Å²) in [7, 11) is 1.86. The van der Waals surface area contributed by atoms with Gasteiger partial charge >= 0.3 is 5.97 Å². The Hall–Kier alpha value is -1.39. The standard InChI is InChI=1S/C14H21N3O2/c1-3-19-14(18)13-15-12(17(2)16-13)8-11-7-9-4-5-10(11)6-9/h9-11H,3-8H2,1-2H3. The average Bonchev–Trinajstić information content (AvgIpc) is 3.06. The zero-order valence-electron chi connectivity index (χ0n) is 11.6. The first kappa shape index (κ1) is 12.6. The molecule has 5 nitrogen and oxygen atoms in total. The molecule has 1 heterocycles. The van der Waals surface area contributed by atoms with Crippen molar-refractivity contribution in [2.75, 3.05) is 6.61 Å². The van der Waals surface area contributed by atoms with Crippen LogP contribution in [-0.2, 0) is 18.2 Å². The number of carbonyl (C=O) groups is 1. The van der Waals surface area contributed by atoms with E-state index >= 15 is 0 Å². The van der Waals surface area contributed by atoms with E-state index in [2.05, 4.69) is 10.1 Å². The highest BCUT2D eigenvalue weighted by molar-refractivity contribution is 5.84. The molecular formula is C14H21N3O2. The highest BCUT2D eigenvalue weighted by atomic mass is 16.5. The number of ether oxygens (including phenoxy) is 1. The molecule has 0 radical (unpaired) electrons. The molecule has 2 fully saturated rings. The Morgan fingerprint density at radius 3 is 2.89 bits per heavy atom. The lowest BCUT2D eigenvalue weighted by atomic mass is 9.86. The smallest absolute Gasteiger partial charge is 0.378 e. The van der Waals surface area contributed by atoms with Gasteiger partial charge in [0.2, 0.25) is 0 Å². The van der Waals surface area contributed by atoms with E-state index in [1.54, 1.807) is 11.6 Å². The molecule has 5 heteroatoms. The Morgan fingerprint density at radius 2 is 2.26 bits per heavy atom. The monoisotopic (exact) mass is 263 g/mol. The van der Waals surface area contributed by atoms with Crippen LogP contribution in [0.4, 0.5) is 0 Å². The van der Waals surface area contributed by atoms with Gasteiger partial charge < -0.3 is 4.74 Å². The number of esters is 1. The van der Waals surface area contributed by atoms with Crippen molar-refractivity contribution < 1.29 is 9.53 Å². The molecule has 2 aliphatic rings. The van der Waals surface area contributed by atoms with Gasteiger partial charge in [0.25, 0.3) is 5.82 Å². The van der Waals surface area contributed by atoms with E-state index in [-0.39, 0.29) is 5.82 Å². The van der Waals surface area contributed by atoms with E-state index in [0.29, 0.717) is 6.61 Å². The van der Waals surface area contributed by atoms with Crippen LogP contribution in [0, 0.1) is 17.8 Å². The zero-order chi connectivity index (χ0) is 13.4. The van der Waals surface area contributed by atoms with E-state index < -0.39 is 5.97 Å². The normalized spacial score (nSPS) is 28.8. The molecule has 19 heavy (non-hydrogen) atoms. The van der Waals surface area contributed by atoms with Crippen LogP contribution in [0.1, 0.15) is 49.1 Å². The molecule has 0 saturated heterocycles. The minimum atomic E-state index is -0.419. The molecule has 1 aromatic rings. The van der Waals surface area contributed by atoms with Crippen LogP contribution < -0.4 is 0 Å².